The van der Waals surface area contributed by atoms with Crippen molar-refractivity contribution in [3.8, 4) is 0 Å². The number of rotatable bonds is 7. The second-order valence-corrected chi connectivity index (χ2v) is 4.81. The van der Waals surface area contributed by atoms with E-state index in [1.165, 1.54) is 25.5 Å². The Kier molecular flexibility index (Phi) is 5.18. The van der Waals surface area contributed by atoms with Crippen molar-refractivity contribution in [2.75, 3.05) is 5.32 Å². The third-order valence-corrected chi connectivity index (χ3v) is 3.16. The molecule has 0 saturated carbocycles. The predicted molar refractivity (Wildman–Crippen MR) is 66.0 cm³/mol. The van der Waals surface area contributed by atoms with Gasteiger partial charge in [0.15, 0.2) is 5.13 Å². The molecule has 0 spiro atoms. The molecule has 1 rings (SSSR count). The Hall–Kier alpha value is -1.17. The van der Waals surface area contributed by atoms with Gasteiger partial charge in [-0.25, -0.2) is 4.98 Å². The van der Waals surface area contributed by atoms with Gasteiger partial charge < -0.3 is 5.32 Å². The summed E-state index contributed by atoms with van der Waals surface area (Å²) in [6, 6.07) is 0.317. The molecular formula is C10H17N3O2S. The van der Waals surface area contributed by atoms with Crippen LogP contribution in [-0.4, -0.2) is 15.9 Å². The van der Waals surface area contributed by atoms with Gasteiger partial charge in [0.05, 0.1) is 4.92 Å². The Morgan fingerprint density at radius 2 is 2.38 bits per heavy atom. The summed E-state index contributed by atoms with van der Waals surface area (Å²) < 4.78 is 0. The van der Waals surface area contributed by atoms with Crippen LogP contribution in [0.1, 0.15) is 39.5 Å². The predicted octanol–water partition coefficient (Wildman–Crippen LogP) is 3.43. The van der Waals surface area contributed by atoms with Crippen LogP contribution >= 0.6 is 11.3 Å². The number of aromatic nitrogens is 1. The Morgan fingerprint density at radius 1 is 1.62 bits per heavy atom. The fourth-order valence-electron chi connectivity index (χ4n) is 1.40. The van der Waals surface area contributed by atoms with E-state index in [0.717, 1.165) is 17.8 Å². The molecule has 1 aromatic heterocycles. The SMILES string of the molecule is CCCCCC(C)Nc1ncc([N+](=O)[O-])s1. The van der Waals surface area contributed by atoms with Crippen LogP contribution in [0.25, 0.3) is 0 Å². The number of anilines is 1. The second kappa shape index (κ2) is 6.42. The summed E-state index contributed by atoms with van der Waals surface area (Å²) in [6.45, 7) is 4.24. The van der Waals surface area contributed by atoms with Crippen LogP contribution in [-0.2, 0) is 0 Å². The molecule has 1 N–H and O–H groups in total. The van der Waals surface area contributed by atoms with E-state index in [1.807, 2.05) is 0 Å². The summed E-state index contributed by atoms with van der Waals surface area (Å²) in [4.78, 5) is 14.0. The van der Waals surface area contributed by atoms with E-state index in [-0.39, 0.29) is 5.00 Å². The van der Waals surface area contributed by atoms with Gasteiger partial charge in [-0.1, -0.05) is 26.2 Å². The van der Waals surface area contributed by atoms with Gasteiger partial charge in [0.2, 0.25) is 0 Å². The maximum Gasteiger partial charge on any atom is 0.345 e. The van der Waals surface area contributed by atoms with Gasteiger partial charge in [-0.2, -0.15) is 0 Å². The first-order valence-electron chi connectivity index (χ1n) is 5.50. The highest BCUT2D eigenvalue weighted by molar-refractivity contribution is 7.18. The normalized spacial score (nSPS) is 12.4. The minimum Gasteiger partial charge on any atom is -0.359 e. The molecule has 1 atom stereocenters. The van der Waals surface area contributed by atoms with Crippen molar-refractivity contribution >= 4 is 21.5 Å². The van der Waals surface area contributed by atoms with E-state index >= 15 is 0 Å². The molecule has 1 aromatic rings. The van der Waals surface area contributed by atoms with E-state index in [0.29, 0.717) is 11.2 Å². The summed E-state index contributed by atoms with van der Waals surface area (Å²) in [5, 5.41) is 14.4. The van der Waals surface area contributed by atoms with Crippen LogP contribution in [0, 0.1) is 10.1 Å². The molecule has 0 aliphatic carbocycles. The number of hydrogen-bond acceptors (Lipinski definition) is 5. The fraction of sp³-hybridized carbons (Fsp3) is 0.700. The molecule has 0 aromatic carbocycles. The molecule has 16 heavy (non-hydrogen) atoms. The average Bonchev–Trinajstić information content (AvgIpc) is 2.66. The number of nitrogens with zero attached hydrogens (tertiary/aromatic N) is 2. The number of nitro groups is 1. The molecule has 1 heterocycles. The molecule has 0 aliphatic rings. The van der Waals surface area contributed by atoms with Gasteiger partial charge >= 0.3 is 5.00 Å². The highest BCUT2D eigenvalue weighted by atomic mass is 32.1. The summed E-state index contributed by atoms with van der Waals surface area (Å²) in [5.41, 5.74) is 0. The van der Waals surface area contributed by atoms with Crippen LogP contribution in [0.15, 0.2) is 6.20 Å². The van der Waals surface area contributed by atoms with E-state index in [9.17, 15) is 10.1 Å². The van der Waals surface area contributed by atoms with Crippen molar-refractivity contribution in [1.82, 2.24) is 4.98 Å². The van der Waals surface area contributed by atoms with E-state index in [4.69, 9.17) is 0 Å². The van der Waals surface area contributed by atoms with Crippen molar-refractivity contribution in [3.63, 3.8) is 0 Å². The zero-order valence-electron chi connectivity index (χ0n) is 9.60. The first-order chi connectivity index (χ1) is 7.63. The lowest BCUT2D eigenvalue weighted by Crippen LogP contribution is -2.14. The van der Waals surface area contributed by atoms with Crippen molar-refractivity contribution in [2.45, 2.75) is 45.6 Å². The summed E-state index contributed by atoms with van der Waals surface area (Å²) in [6.07, 6.45) is 5.98. The molecule has 5 nitrogen and oxygen atoms in total. The maximum absolute atomic E-state index is 10.5. The first-order valence-corrected chi connectivity index (χ1v) is 6.32. The standard InChI is InChI=1S/C10H17N3O2S/c1-3-4-5-6-8(2)12-10-11-7-9(16-10)13(14)15/h7-8H,3-6H2,1-2H3,(H,11,12). The fourth-order valence-corrected chi connectivity index (χ4v) is 2.14. The Labute approximate surface area is 99.0 Å². The highest BCUT2D eigenvalue weighted by Crippen LogP contribution is 2.25. The lowest BCUT2D eigenvalue weighted by atomic mass is 10.1. The Morgan fingerprint density at radius 3 is 2.94 bits per heavy atom. The number of hydrogen-bond donors (Lipinski definition) is 1. The molecule has 0 radical (unpaired) electrons. The van der Waals surface area contributed by atoms with Gasteiger partial charge in [0.25, 0.3) is 0 Å². The molecule has 0 fully saturated rings. The molecule has 6 heteroatoms. The van der Waals surface area contributed by atoms with Crippen molar-refractivity contribution in [1.29, 1.82) is 0 Å². The second-order valence-electron chi connectivity index (χ2n) is 3.80. The molecule has 90 valence electrons. The van der Waals surface area contributed by atoms with Crippen LogP contribution in [0.2, 0.25) is 0 Å². The average molecular weight is 243 g/mol. The van der Waals surface area contributed by atoms with Gasteiger partial charge in [0, 0.05) is 6.04 Å². The lowest BCUT2D eigenvalue weighted by molar-refractivity contribution is -0.380. The Balaban J connectivity index is 2.37. The van der Waals surface area contributed by atoms with Crippen molar-refractivity contribution in [3.05, 3.63) is 16.3 Å². The minimum absolute atomic E-state index is 0.0864. The Bertz CT molecular complexity index is 341. The number of nitrogens with one attached hydrogen (secondary N) is 1. The lowest BCUT2D eigenvalue weighted by Gasteiger charge is -2.11. The van der Waals surface area contributed by atoms with Crippen LogP contribution < -0.4 is 5.32 Å². The summed E-state index contributed by atoms with van der Waals surface area (Å²) >= 11 is 1.09. The first kappa shape index (κ1) is 12.9. The monoisotopic (exact) mass is 243 g/mol. The molecule has 0 amide bonds. The zero-order chi connectivity index (χ0) is 12.0. The van der Waals surface area contributed by atoms with Gasteiger partial charge in [-0.05, 0) is 24.7 Å². The van der Waals surface area contributed by atoms with Crippen molar-refractivity contribution in [2.24, 2.45) is 0 Å². The number of unbranched alkanes of at least 4 members (excludes halogenated alkanes) is 2. The number of thiazole rings is 1. The summed E-state index contributed by atoms with van der Waals surface area (Å²) in [7, 11) is 0. The molecule has 1 unspecified atom stereocenters. The summed E-state index contributed by atoms with van der Waals surface area (Å²) in [5.74, 6) is 0. The topological polar surface area (TPSA) is 68.1 Å². The smallest absolute Gasteiger partial charge is 0.345 e. The van der Waals surface area contributed by atoms with Crippen LogP contribution in [0.4, 0.5) is 10.1 Å². The van der Waals surface area contributed by atoms with Gasteiger partial charge in [0.1, 0.15) is 6.20 Å². The van der Waals surface area contributed by atoms with E-state index in [1.54, 1.807) is 0 Å². The van der Waals surface area contributed by atoms with Crippen molar-refractivity contribution < 1.29 is 4.92 Å². The van der Waals surface area contributed by atoms with Gasteiger partial charge in [-0.15, -0.1) is 0 Å². The van der Waals surface area contributed by atoms with Gasteiger partial charge in [-0.3, -0.25) is 10.1 Å². The third kappa shape index (κ3) is 4.14. The van der Waals surface area contributed by atoms with E-state index in [2.05, 4.69) is 24.1 Å². The molecule has 0 saturated heterocycles. The molecule has 0 aliphatic heterocycles. The quantitative estimate of drug-likeness (QED) is 0.452. The maximum atomic E-state index is 10.5. The van der Waals surface area contributed by atoms with E-state index < -0.39 is 4.92 Å². The molecule has 0 bridgehead atoms. The third-order valence-electron chi connectivity index (χ3n) is 2.28. The highest BCUT2D eigenvalue weighted by Gasteiger charge is 2.12. The minimum atomic E-state index is -0.412. The van der Waals surface area contributed by atoms with Crippen LogP contribution in [0.5, 0.6) is 0 Å². The zero-order valence-corrected chi connectivity index (χ0v) is 10.4. The van der Waals surface area contributed by atoms with Crippen LogP contribution in [0.3, 0.4) is 0 Å². The largest absolute Gasteiger partial charge is 0.359 e. The molecular weight excluding hydrogens is 226 g/mol.